The molecule has 0 atom stereocenters. The van der Waals surface area contributed by atoms with Crippen LogP contribution in [0.25, 0.3) is 0 Å². The van der Waals surface area contributed by atoms with Crippen molar-refractivity contribution < 1.29 is 14.2 Å². The van der Waals surface area contributed by atoms with Gasteiger partial charge >= 0.3 is 0 Å². The van der Waals surface area contributed by atoms with Crippen LogP contribution < -0.4 is 19.9 Å². The van der Waals surface area contributed by atoms with Crippen LogP contribution in [0.2, 0.25) is 0 Å². The summed E-state index contributed by atoms with van der Waals surface area (Å²) in [5, 5.41) is 0. The predicted octanol–water partition coefficient (Wildman–Crippen LogP) is 4.24. The molecule has 1 aromatic carbocycles. The fraction of sp³-hybridized carbons (Fsp3) is 0.556. The zero-order valence-electron chi connectivity index (χ0n) is 15.1. The first-order valence-electron chi connectivity index (χ1n) is 7.51. The van der Waals surface area contributed by atoms with Gasteiger partial charge in [-0.25, -0.2) is 0 Å². The number of hydrogen-bond acceptors (Lipinski definition) is 4. The summed E-state index contributed by atoms with van der Waals surface area (Å²) in [7, 11) is 4.82. The highest BCUT2D eigenvalue weighted by atomic mass is 16.5. The van der Waals surface area contributed by atoms with Crippen molar-refractivity contribution in [3.05, 3.63) is 22.8 Å². The standard InChI is InChI=1S/C18H29NO3/c1-9-11(2)10-18(4,5)13-12(3)14(19)16(21-7)17(22-8)15(13)20-6/h10H,9,19H2,1-8H3/b11-10+. The summed E-state index contributed by atoms with van der Waals surface area (Å²) in [5.41, 5.74) is 9.93. The SMILES string of the molecule is CC/C(C)=C/C(C)(C)c1c(C)c(N)c(OC)c(OC)c1OC. The Morgan fingerprint density at radius 3 is 1.95 bits per heavy atom. The van der Waals surface area contributed by atoms with Crippen LogP contribution >= 0.6 is 0 Å². The summed E-state index contributed by atoms with van der Waals surface area (Å²) in [6.07, 6.45) is 3.26. The van der Waals surface area contributed by atoms with Crippen molar-refractivity contribution >= 4 is 5.69 Å². The molecule has 0 aromatic heterocycles. The van der Waals surface area contributed by atoms with Crippen molar-refractivity contribution in [1.29, 1.82) is 0 Å². The van der Waals surface area contributed by atoms with Crippen molar-refractivity contribution in [3.63, 3.8) is 0 Å². The normalized spacial score (nSPS) is 12.3. The maximum Gasteiger partial charge on any atom is 0.205 e. The number of rotatable bonds is 6. The molecule has 0 saturated carbocycles. The first kappa shape index (κ1) is 18.2. The summed E-state index contributed by atoms with van der Waals surface area (Å²) < 4.78 is 16.6. The number of anilines is 1. The van der Waals surface area contributed by atoms with Crippen molar-refractivity contribution in [2.75, 3.05) is 27.1 Å². The molecule has 0 fully saturated rings. The van der Waals surface area contributed by atoms with Gasteiger partial charge in [0.05, 0.1) is 27.0 Å². The Hall–Kier alpha value is -1.84. The second kappa shape index (κ2) is 6.95. The average Bonchev–Trinajstić information content (AvgIpc) is 2.47. The van der Waals surface area contributed by atoms with Crippen LogP contribution in [0.4, 0.5) is 5.69 Å². The number of ether oxygens (including phenoxy) is 3. The van der Waals surface area contributed by atoms with Crippen LogP contribution in [0.5, 0.6) is 17.2 Å². The number of methoxy groups -OCH3 is 3. The molecule has 0 unspecified atom stereocenters. The van der Waals surface area contributed by atoms with Gasteiger partial charge in [0.25, 0.3) is 0 Å². The van der Waals surface area contributed by atoms with Crippen molar-refractivity contribution in [1.82, 2.24) is 0 Å². The number of nitrogen functional groups attached to an aromatic ring is 1. The van der Waals surface area contributed by atoms with Crippen LogP contribution in [0.3, 0.4) is 0 Å². The minimum Gasteiger partial charge on any atom is -0.492 e. The Kier molecular flexibility index (Phi) is 5.75. The van der Waals surface area contributed by atoms with Gasteiger partial charge in [-0.2, -0.15) is 0 Å². The molecule has 4 heteroatoms. The Labute approximate surface area is 134 Å². The fourth-order valence-corrected chi connectivity index (χ4v) is 2.96. The van der Waals surface area contributed by atoms with E-state index < -0.39 is 0 Å². The molecule has 124 valence electrons. The van der Waals surface area contributed by atoms with E-state index in [4.69, 9.17) is 19.9 Å². The average molecular weight is 307 g/mol. The molecular formula is C18H29NO3. The molecule has 4 nitrogen and oxygen atoms in total. The lowest BCUT2D eigenvalue weighted by Crippen LogP contribution is -2.19. The molecule has 0 bridgehead atoms. The van der Waals surface area contributed by atoms with E-state index in [1.807, 2.05) is 6.92 Å². The minimum absolute atomic E-state index is 0.233. The van der Waals surface area contributed by atoms with E-state index in [1.165, 1.54) is 5.57 Å². The van der Waals surface area contributed by atoms with Crippen molar-refractivity contribution in [2.45, 2.75) is 46.5 Å². The van der Waals surface area contributed by atoms with Crippen LogP contribution in [0.15, 0.2) is 11.6 Å². The van der Waals surface area contributed by atoms with Crippen LogP contribution in [0.1, 0.15) is 45.2 Å². The lowest BCUT2D eigenvalue weighted by molar-refractivity contribution is 0.320. The molecule has 22 heavy (non-hydrogen) atoms. The molecule has 1 rings (SSSR count). The molecule has 0 saturated heterocycles. The van der Waals surface area contributed by atoms with Gasteiger partial charge in [0.15, 0.2) is 11.5 Å². The lowest BCUT2D eigenvalue weighted by atomic mass is 9.79. The predicted molar refractivity (Wildman–Crippen MR) is 92.3 cm³/mol. The monoisotopic (exact) mass is 307 g/mol. The van der Waals surface area contributed by atoms with Gasteiger partial charge in [0.2, 0.25) is 5.75 Å². The molecule has 0 aliphatic rings. The molecule has 0 amide bonds. The second-order valence-corrected chi connectivity index (χ2v) is 6.08. The quantitative estimate of drug-likeness (QED) is 0.631. The Morgan fingerprint density at radius 1 is 1.05 bits per heavy atom. The van der Waals surface area contributed by atoms with Gasteiger partial charge in [0, 0.05) is 11.0 Å². The summed E-state index contributed by atoms with van der Waals surface area (Å²) in [6, 6.07) is 0. The topological polar surface area (TPSA) is 53.7 Å². The highest BCUT2D eigenvalue weighted by Gasteiger charge is 2.31. The number of allylic oxidation sites excluding steroid dienone is 2. The molecule has 0 heterocycles. The maximum absolute atomic E-state index is 6.27. The van der Waals surface area contributed by atoms with Gasteiger partial charge in [-0.05, 0) is 25.8 Å². The first-order chi connectivity index (χ1) is 10.2. The van der Waals surface area contributed by atoms with E-state index >= 15 is 0 Å². The number of hydrogen-bond donors (Lipinski definition) is 1. The third-order valence-electron chi connectivity index (χ3n) is 4.08. The smallest absolute Gasteiger partial charge is 0.205 e. The summed E-state index contributed by atoms with van der Waals surface area (Å²) in [4.78, 5) is 0. The summed E-state index contributed by atoms with van der Waals surface area (Å²) in [6.45, 7) is 10.6. The molecule has 2 N–H and O–H groups in total. The molecule has 0 radical (unpaired) electrons. The van der Waals surface area contributed by atoms with Gasteiger partial charge in [-0.3, -0.25) is 0 Å². The number of nitrogens with two attached hydrogens (primary N) is 1. The zero-order valence-corrected chi connectivity index (χ0v) is 15.1. The lowest BCUT2D eigenvalue weighted by Gasteiger charge is -2.29. The summed E-state index contributed by atoms with van der Waals surface area (Å²) in [5.74, 6) is 1.74. The fourth-order valence-electron chi connectivity index (χ4n) is 2.96. The van der Waals surface area contributed by atoms with Gasteiger partial charge in [0.1, 0.15) is 0 Å². The number of benzene rings is 1. The zero-order chi connectivity index (χ0) is 17.1. The third-order valence-corrected chi connectivity index (χ3v) is 4.08. The van der Waals surface area contributed by atoms with E-state index in [9.17, 15) is 0 Å². The van der Waals surface area contributed by atoms with Crippen molar-refractivity contribution in [2.24, 2.45) is 0 Å². The Balaban J connectivity index is 3.78. The van der Waals surface area contributed by atoms with Gasteiger partial charge in [-0.1, -0.05) is 32.4 Å². The van der Waals surface area contributed by atoms with E-state index in [1.54, 1.807) is 21.3 Å². The molecule has 0 aliphatic heterocycles. The van der Waals surface area contributed by atoms with E-state index in [0.717, 1.165) is 17.5 Å². The van der Waals surface area contributed by atoms with E-state index in [2.05, 4.69) is 33.8 Å². The largest absolute Gasteiger partial charge is 0.492 e. The molecule has 0 spiro atoms. The van der Waals surface area contributed by atoms with E-state index in [-0.39, 0.29) is 5.41 Å². The molecule has 1 aromatic rings. The second-order valence-electron chi connectivity index (χ2n) is 6.08. The highest BCUT2D eigenvalue weighted by molar-refractivity contribution is 5.74. The first-order valence-corrected chi connectivity index (χ1v) is 7.51. The van der Waals surface area contributed by atoms with Gasteiger partial charge < -0.3 is 19.9 Å². The Bertz CT molecular complexity index is 574. The Morgan fingerprint density at radius 2 is 1.55 bits per heavy atom. The van der Waals surface area contributed by atoms with E-state index in [0.29, 0.717) is 22.9 Å². The molecular weight excluding hydrogens is 278 g/mol. The van der Waals surface area contributed by atoms with Crippen molar-refractivity contribution in [3.8, 4) is 17.2 Å². The third kappa shape index (κ3) is 3.16. The summed E-state index contributed by atoms with van der Waals surface area (Å²) >= 11 is 0. The van der Waals surface area contributed by atoms with Crippen LogP contribution in [0, 0.1) is 6.92 Å². The van der Waals surface area contributed by atoms with Gasteiger partial charge in [-0.15, -0.1) is 0 Å². The van der Waals surface area contributed by atoms with Crippen LogP contribution in [-0.2, 0) is 5.41 Å². The highest BCUT2D eigenvalue weighted by Crippen LogP contribution is 2.50. The maximum atomic E-state index is 6.27. The van der Waals surface area contributed by atoms with Crippen LogP contribution in [-0.4, -0.2) is 21.3 Å². The molecule has 0 aliphatic carbocycles. The minimum atomic E-state index is -0.233.